The van der Waals surface area contributed by atoms with E-state index in [-0.39, 0.29) is 17.8 Å². The number of hydrogen-bond donors (Lipinski definition) is 2. The molecular weight excluding hydrogens is 423 g/mol. The van der Waals surface area contributed by atoms with Crippen LogP contribution in [0.5, 0.6) is 5.75 Å². The lowest BCUT2D eigenvalue weighted by molar-refractivity contribution is 0.0952. The Morgan fingerprint density at radius 1 is 1.09 bits per heavy atom. The van der Waals surface area contributed by atoms with E-state index in [0.29, 0.717) is 36.7 Å². The molecule has 0 unspecified atom stereocenters. The molecule has 2 heterocycles. The molecule has 9 heteroatoms. The van der Waals surface area contributed by atoms with Crippen LogP contribution in [0, 0.1) is 5.82 Å². The third-order valence-electron chi connectivity index (χ3n) is 4.90. The molecule has 0 spiro atoms. The summed E-state index contributed by atoms with van der Waals surface area (Å²) in [6, 6.07) is 13.3. The van der Waals surface area contributed by atoms with Gasteiger partial charge in [0.25, 0.3) is 5.91 Å². The summed E-state index contributed by atoms with van der Waals surface area (Å²) in [7, 11) is 0. The number of halogens is 1. The summed E-state index contributed by atoms with van der Waals surface area (Å²) in [6.07, 6.45) is 3.24. The molecule has 4 rings (SSSR count). The lowest BCUT2D eigenvalue weighted by Crippen LogP contribution is -2.27. The number of benzene rings is 2. The monoisotopic (exact) mass is 448 g/mol. The molecule has 2 aromatic heterocycles. The van der Waals surface area contributed by atoms with Crippen LogP contribution in [0.4, 0.5) is 10.2 Å². The molecular formula is C24H25FN6O2. The van der Waals surface area contributed by atoms with Crippen molar-refractivity contribution in [2.45, 2.75) is 33.0 Å². The van der Waals surface area contributed by atoms with Gasteiger partial charge < -0.3 is 15.4 Å². The molecule has 0 bridgehead atoms. The Balaban J connectivity index is 1.35. The Kier molecular flexibility index (Phi) is 6.77. The number of nitrogens with one attached hydrogen (secondary N) is 2. The Labute approximate surface area is 190 Å². The van der Waals surface area contributed by atoms with Crippen LogP contribution in [0.15, 0.2) is 61.1 Å². The number of ether oxygens (including phenoxy) is 1. The summed E-state index contributed by atoms with van der Waals surface area (Å²) in [5.41, 5.74) is 2.16. The van der Waals surface area contributed by atoms with Crippen molar-refractivity contribution in [1.82, 2.24) is 25.1 Å². The van der Waals surface area contributed by atoms with Gasteiger partial charge in [-0.15, -0.1) is 0 Å². The number of amides is 1. The summed E-state index contributed by atoms with van der Waals surface area (Å²) < 4.78 is 20.4. The summed E-state index contributed by atoms with van der Waals surface area (Å²) in [6.45, 7) is 5.25. The average Bonchev–Trinajstić information content (AvgIpc) is 3.22. The van der Waals surface area contributed by atoms with E-state index in [4.69, 9.17) is 4.74 Å². The van der Waals surface area contributed by atoms with Gasteiger partial charge in [-0.1, -0.05) is 12.1 Å². The van der Waals surface area contributed by atoms with E-state index in [1.54, 1.807) is 47.3 Å². The van der Waals surface area contributed by atoms with E-state index in [2.05, 4.69) is 25.7 Å². The summed E-state index contributed by atoms with van der Waals surface area (Å²) in [5.74, 6) is 0.934. The molecule has 170 valence electrons. The minimum absolute atomic E-state index is 0.0796. The molecule has 0 fully saturated rings. The van der Waals surface area contributed by atoms with Gasteiger partial charge in [0.15, 0.2) is 5.65 Å². The Morgan fingerprint density at radius 2 is 1.85 bits per heavy atom. The maximum Gasteiger partial charge on any atom is 0.251 e. The zero-order valence-electron chi connectivity index (χ0n) is 18.5. The highest BCUT2D eigenvalue weighted by Crippen LogP contribution is 2.19. The first-order chi connectivity index (χ1) is 16.0. The van der Waals surface area contributed by atoms with Crippen molar-refractivity contribution in [3.8, 4) is 5.75 Å². The summed E-state index contributed by atoms with van der Waals surface area (Å²) in [5, 5.41) is 11.3. The average molecular weight is 449 g/mol. The summed E-state index contributed by atoms with van der Waals surface area (Å²) >= 11 is 0. The predicted octanol–water partition coefficient (Wildman–Crippen LogP) is 3.79. The highest BCUT2D eigenvalue weighted by Gasteiger charge is 2.11. The maximum atomic E-state index is 13.1. The van der Waals surface area contributed by atoms with Crippen LogP contribution >= 0.6 is 0 Å². The van der Waals surface area contributed by atoms with Gasteiger partial charge in [0, 0.05) is 18.7 Å². The largest absolute Gasteiger partial charge is 0.491 e. The fourth-order valence-corrected chi connectivity index (χ4v) is 3.32. The van der Waals surface area contributed by atoms with Gasteiger partial charge in [-0.25, -0.2) is 19.0 Å². The van der Waals surface area contributed by atoms with E-state index in [1.807, 2.05) is 13.8 Å². The van der Waals surface area contributed by atoms with Gasteiger partial charge in [-0.3, -0.25) is 4.79 Å². The third kappa shape index (κ3) is 5.62. The molecule has 2 N–H and O–H groups in total. The molecule has 2 aromatic carbocycles. The molecule has 0 saturated heterocycles. The molecule has 8 nitrogen and oxygen atoms in total. The van der Waals surface area contributed by atoms with Gasteiger partial charge in [-0.2, -0.15) is 5.10 Å². The quantitative estimate of drug-likeness (QED) is 0.405. The number of rotatable bonds is 9. The minimum Gasteiger partial charge on any atom is -0.491 e. The lowest BCUT2D eigenvalue weighted by Gasteiger charge is -2.10. The number of aromatic nitrogens is 4. The van der Waals surface area contributed by atoms with Gasteiger partial charge in [0.05, 0.1) is 24.2 Å². The van der Waals surface area contributed by atoms with Gasteiger partial charge >= 0.3 is 0 Å². The molecule has 0 aliphatic heterocycles. The number of carbonyl (C=O) groups is 1. The Bertz CT molecular complexity index is 1220. The molecule has 0 atom stereocenters. The van der Waals surface area contributed by atoms with Crippen molar-refractivity contribution in [2.24, 2.45) is 0 Å². The number of anilines is 1. The zero-order valence-corrected chi connectivity index (χ0v) is 18.5. The first-order valence-electron chi connectivity index (χ1n) is 10.7. The second-order valence-corrected chi connectivity index (χ2v) is 7.75. The van der Waals surface area contributed by atoms with E-state index in [1.165, 1.54) is 18.5 Å². The number of carbonyl (C=O) groups excluding carboxylic acids is 1. The Morgan fingerprint density at radius 3 is 2.58 bits per heavy atom. The fraction of sp³-hybridized carbons (Fsp3) is 0.250. The van der Waals surface area contributed by atoms with Crippen molar-refractivity contribution >= 4 is 22.8 Å². The molecule has 0 aliphatic carbocycles. The fourth-order valence-electron chi connectivity index (χ4n) is 3.32. The number of hydrogen-bond acceptors (Lipinski definition) is 6. The van der Waals surface area contributed by atoms with Crippen molar-refractivity contribution in [3.63, 3.8) is 0 Å². The highest BCUT2D eigenvalue weighted by atomic mass is 19.1. The van der Waals surface area contributed by atoms with Crippen LogP contribution < -0.4 is 15.4 Å². The second-order valence-electron chi connectivity index (χ2n) is 7.75. The predicted molar refractivity (Wildman–Crippen MR) is 124 cm³/mol. The Hall–Kier alpha value is -4.01. The van der Waals surface area contributed by atoms with Gasteiger partial charge in [0.2, 0.25) is 0 Å². The zero-order chi connectivity index (χ0) is 23.2. The topological polar surface area (TPSA) is 94.0 Å². The SMILES string of the molecule is CC(C)Oc1ccc(C(=O)NCCn2ncc3c(NCc4ccc(F)cc4)ncnc32)cc1. The first-order valence-corrected chi connectivity index (χ1v) is 10.7. The molecule has 1 amide bonds. The van der Waals surface area contributed by atoms with E-state index >= 15 is 0 Å². The number of fused-ring (bicyclic) bond motifs is 1. The summed E-state index contributed by atoms with van der Waals surface area (Å²) in [4.78, 5) is 21.1. The van der Waals surface area contributed by atoms with Crippen molar-refractivity contribution in [3.05, 3.63) is 78.0 Å². The van der Waals surface area contributed by atoms with Crippen molar-refractivity contribution < 1.29 is 13.9 Å². The van der Waals surface area contributed by atoms with E-state index in [9.17, 15) is 9.18 Å². The minimum atomic E-state index is -0.270. The second kappa shape index (κ2) is 10.1. The van der Waals surface area contributed by atoms with E-state index in [0.717, 1.165) is 16.7 Å². The maximum absolute atomic E-state index is 13.1. The van der Waals surface area contributed by atoms with Crippen LogP contribution in [-0.4, -0.2) is 38.3 Å². The van der Waals surface area contributed by atoms with Crippen molar-refractivity contribution in [2.75, 3.05) is 11.9 Å². The van der Waals surface area contributed by atoms with Crippen LogP contribution in [0.2, 0.25) is 0 Å². The van der Waals surface area contributed by atoms with Crippen LogP contribution in [0.3, 0.4) is 0 Å². The highest BCUT2D eigenvalue weighted by molar-refractivity contribution is 5.94. The van der Waals surface area contributed by atoms with Gasteiger partial charge in [0.1, 0.15) is 23.7 Å². The van der Waals surface area contributed by atoms with Gasteiger partial charge in [-0.05, 0) is 55.8 Å². The first kappa shape index (κ1) is 22.2. The molecule has 4 aromatic rings. The smallest absolute Gasteiger partial charge is 0.251 e. The standard InChI is InChI=1S/C24H25FN6O2/c1-16(2)33-20-9-5-18(6-10-20)24(32)26-11-12-31-23-21(14-30-31)22(28-15-29-23)27-13-17-3-7-19(25)8-4-17/h3-10,14-16H,11-13H2,1-2H3,(H,26,32)(H,27,28,29). The molecule has 33 heavy (non-hydrogen) atoms. The molecule has 0 saturated carbocycles. The van der Waals surface area contributed by atoms with Crippen LogP contribution in [-0.2, 0) is 13.1 Å². The molecule has 0 aliphatic rings. The van der Waals surface area contributed by atoms with Crippen LogP contribution in [0.25, 0.3) is 11.0 Å². The number of nitrogens with zero attached hydrogens (tertiary/aromatic N) is 4. The third-order valence-corrected chi connectivity index (χ3v) is 4.90. The molecule has 0 radical (unpaired) electrons. The van der Waals surface area contributed by atoms with Crippen molar-refractivity contribution in [1.29, 1.82) is 0 Å². The normalized spacial score (nSPS) is 11.0. The van der Waals surface area contributed by atoms with Crippen LogP contribution in [0.1, 0.15) is 29.8 Å². The van der Waals surface area contributed by atoms with E-state index < -0.39 is 0 Å². The lowest BCUT2D eigenvalue weighted by atomic mass is 10.2.